The fourth-order valence-electron chi connectivity index (χ4n) is 3.29. The van der Waals surface area contributed by atoms with Crippen molar-refractivity contribution in [3.63, 3.8) is 0 Å². The Morgan fingerprint density at radius 1 is 1.38 bits per heavy atom. The van der Waals surface area contributed by atoms with E-state index in [2.05, 4.69) is 18.7 Å². The minimum absolute atomic E-state index is 0.163. The Morgan fingerprint density at radius 3 is 2.62 bits per heavy atom. The molecule has 0 saturated carbocycles. The molecule has 0 bridgehead atoms. The lowest BCUT2D eigenvalue weighted by molar-refractivity contribution is -0.150. The third-order valence-electron chi connectivity index (χ3n) is 4.45. The third-order valence-corrected chi connectivity index (χ3v) is 4.45. The lowest BCUT2D eigenvalue weighted by Gasteiger charge is -2.44. The molecule has 21 heavy (non-hydrogen) atoms. The molecule has 4 nitrogen and oxygen atoms in total. The van der Waals surface area contributed by atoms with E-state index in [1.165, 1.54) is 5.56 Å². The number of ether oxygens (including phenoxy) is 1. The van der Waals surface area contributed by atoms with Gasteiger partial charge < -0.3 is 9.84 Å². The van der Waals surface area contributed by atoms with Gasteiger partial charge in [-0.05, 0) is 48.9 Å². The van der Waals surface area contributed by atoms with Crippen molar-refractivity contribution in [2.45, 2.75) is 39.2 Å². The quantitative estimate of drug-likeness (QED) is 0.906. The number of nitrogens with zero attached hydrogens (tertiary/aromatic N) is 1. The summed E-state index contributed by atoms with van der Waals surface area (Å²) in [5.41, 5.74) is 1.05. The second kappa shape index (κ2) is 6.48. The summed E-state index contributed by atoms with van der Waals surface area (Å²) in [5.74, 6) is 0.149. The Hall–Kier alpha value is -1.55. The monoisotopic (exact) mass is 291 g/mol. The van der Waals surface area contributed by atoms with E-state index in [1.807, 2.05) is 24.3 Å². The van der Waals surface area contributed by atoms with Gasteiger partial charge >= 0.3 is 5.97 Å². The van der Waals surface area contributed by atoms with Crippen molar-refractivity contribution in [2.75, 3.05) is 20.2 Å². The number of rotatable bonds is 5. The van der Waals surface area contributed by atoms with Crippen LogP contribution in [0.1, 0.15) is 32.3 Å². The number of likely N-dealkylation sites (tertiary alicyclic amines) is 1. The molecule has 2 rings (SSSR count). The summed E-state index contributed by atoms with van der Waals surface area (Å²) in [6.45, 7) is 5.78. The van der Waals surface area contributed by atoms with E-state index >= 15 is 0 Å². The van der Waals surface area contributed by atoms with Gasteiger partial charge in [0.05, 0.1) is 7.11 Å². The third kappa shape index (κ3) is 3.76. The minimum Gasteiger partial charge on any atom is -0.497 e. The van der Waals surface area contributed by atoms with Crippen molar-refractivity contribution in [3.8, 4) is 5.75 Å². The van der Waals surface area contributed by atoms with E-state index in [0.29, 0.717) is 0 Å². The van der Waals surface area contributed by atoms with Gasteiger partial charge in [0.25, 0.3) is 0 Å². The molecule has 0 amide bonds. The van der Waals surface area contributed by atoms with Crippen molar-refractivity contribution >= 4 is 5.97 Å². The predicted octanol–water partition coefficient (Wildman–Crippen LogP) is 2.81. The fraction of sp³-hybridized carbons (Fsp3) is 0.588. The average Bonchev–Trinajstić information content (AvgIpc) is 2.44. The molecular formula is C17H25NO3. The summed E-state index contributed by atoms with van der Waals surface area (Å²) in [4.78, 5) is 13.7. The number of piperidine rings is 1. The first-order chi connectivity index (χ1) is 9.94. The lowest BCUT2D eigenvalue weighted by atomic mass is 9.76. The molecule has 0 spiro atoms. The molecule has 1 aromatic rings. The highest BCUT2D eigenvalue weighted by Gasteiger charge is 2.41. The van der Waals surface area contributed by atoms with Gasteiger partial charge in [0.1, 0.15) is 11.8 Å². The van der Waals surface area contributed by atoms with Gasteiger partial charge in [0.15, 0.2) is 0 Å². The SMILES string of the molecule is COc1ccc(CCN2CCCC(C)(C)C2C(=O)O)cc1. The minimum atomic E-state index is -0.700. The number of carboxylic acid groups (broad SMARTS) is 1. The van der Waals surface area contributed by atoms with Crippen LogP contribution < -0.4 is 4.74 Å². The normalized spacial score (nSPS) is 22.0. The summed E-state index contributed by atoms with van der Waals surface area (Å²) in [5, 5.41) is 9.55. The van der Waals surface area contributed by atoms with E-state index in [1.54, 1.807) is 7.11 Å². The molecule has 0 aromatic heterocycles. The van der Waals surface area contributed by atoms with Gasteiger partial charge in [-0.25, -0.2) is 0 Å². The molecule has 1 atom stereocenters. The molecule has 1 aromatic carbocycles. The van der Waals surface area contributed by atoms with E-state index in [9.17, 15) is 9.90 Å². The summed E-state index contributed by atoms with van der Waals surface area (Å²) in [7, 11) is 1.66. The average molecular weight is 291 g/mol. The number of aliphatic carboxylic acids is 1. The molecular weight excluding hydrogens is 266 g/mol. The molecule has 1 heterocycles. The topological polar surface area (TPSA) is 49.8 Å². The van der Waals surface area contributed by atoms with Crippen molar-refractivity contribution in [1.29, 1.82) is 0 Å². The second-order valence-corrected chi connectivity index (χ2v) is 6.47. The maximum Gasteiger partial charge on any atom is 0.321 e. The first-order valence-electron chi connectivity index (χ1n) is 7.54. The summed E-state index contributed by atoms with van der Waals surface area (Å²) < 4.78 is 5.15. The first kappa shape index (κ1) is 15.8. The van der Waals surface area contributed by atoms with Crippen molar-refractivity contribution in [3.05, 3.63) is 29.8 Å². The molecule has 1 aliphatic rings. The van der Waals surface area contributed by atoms with Crippen LogP contribution in [0.5, 0.6) is 5.75 Å². The van der Waals surface area contributed by atoms with Crippen LogP contribution >= 0.6 is 0 Å². The lowest BCUT2D eigenvalue weighted by Crippen LogP contribution is -2.54. The summed E-state index contributed by atoms with van der Waals surface area (Å²) >= 11 is 0. The Kier molecular flexibility index (Phi) is 4.88. The van der Waals surface area contributed by atoms with Crippen molar-refractivity contribution in [2.24, 2.45) is 5.41 Å². The summed E-state index contributed by atoms with van der Waals surface area (Å²) in [6, 6.07) is 7.60. The van der Waals surface area contributed by atoms with Crippen LogP contribution in [0.2, 0.25) is 0 Å². The van der Waals surface area contributed by atoms with Crippen LogP contribution in [0.4, 0.5) is 0 Å². The Morgan fingerprint density at radius 2 is 2.05 bits per heavy atom. The first-order valence-corrected chi connectivity index (χ1v) is 7.54. The van der Waals surface area contributed by atoms with Gasteiger partial charge in [-0.1, -0.05) is 26.0 Å². The van der Waals surface area contributed by atoms with Crippen LogP contribution in [0.25, 0.3) is 0 Å². The molecule has 1 N–H and O–H groups in total. The van der Waals surface area contributed by atoms with Crippen molar-refractivity contribution in [1.82, 2.24) is 4.90 Å². The summed E-state index contributed by atoms with van der Waals surface area (Å²) in [6.07, 6.45) is 2.91. The van der Waals surface area contributed by atoms with Crippen molar-refractivity contribution < 1.29 is 14.6 Å². The van der Waals surface area contributed by atoms with Gasteiger partial charge in [0, 0.05) is 6.54 Å². The smallest absolute Gasteiger partial charge is 0.321 e. The van der Waals surface area contributed by atoms with E-state index in [4.69, 9.17) is 4.74 Å². The Bertz CT molecular complexity index is 481. The van der Waals surface area contributed by atoms with E-state index in [-0.39, 0.29) is 11.5 Å². The van der Waals surface area contributed by atoms with Gasteiger partial charge in [-0.15, -0.1) is 0 Å². The fourth-order valence-corrected chi connectivity index (χ4v) is 3.29. The Balaban J connectivity index is 2.01. The highest BCUT2D eigenvalue weighted by molar-refractivity contribution is 5.74. The number of carboxylic acids is 1. The zero-order chi connectivity index (χ0) is 15.5. The highest BCUT2D eigenvalue weighted by Crippen LogP contribution is 2.35. The van der Waals surface area contributed by atoms with Crippen LogP contribution in [0.3, 0.4) is 0 Å². The number of carbonyl (C=O) groups is 1. The molecule has 1 unspecified atom stereocenters. The molecule has 1 saturated heterocycles. The van der Waals surface area contributed by atoms with Gasteiger partial charge in [-0.2, -0.15) is 0 Å². The maximum absolute atomic E-state index is 11.6. The number of hydrogen-bond donors (Lipinski definition) is 1. The van der Waals surface area contributed by atoms with Crippen LogP contribution in [-0.4, -0.2) is 42.2 Å². The molecule has 1 fully saturated rings. The van der Waals surface area contributed by atoms with Crippen LogP contribution in [-0.2, 0) is 11.2 Å². The van der Waals surface area contributed by atoms with Crippen LogP contribution in [0, 0.1) is 5.41 Å². The van der Waals surface area contributed by atoms with Gasteiger partial charge in [-0.3, -0.25) is 9.69 Å². The number of hydrogen-bond acceptors (Lipinski definition) is 3. The molecule has 1 aliphatic heterocycles. The zero-order valence-corrected chi connectivity index (χ0v) is 13.1. The largest absolute Gasteiger partial charge is 0.497 e. The molecule has 0 radical (unpaired) electrons. The predicted molar refractivity (Wildman–Crippen MR) is 82.7 cm³/mol. The highest BCUT2D eigenvalue weighted by atomic mass is 16.5. The standard InChI is InChI=1S/C17H25NO3/c1-17(2)10-4-11-18(15(17)16(19)20)12-9-13-5-7-14(21-3)8-6-13/h5-8,15H,4,9-12H2,1-3H3,(H,19,20). The Labute approximate surface area is 126 Å². The molecule has 4 heteroatoms. The van der Waals surface area contributed by atoms with E-state index in [0.717, 1.165) is 38.1 Å². The molecule has 116 valence electrons. The zero-order valence-electron chi connectivity index (χ0n) is 13.1. The van der Waals surface area contributed by atoms with Crippen LogP contribution in [0.15, 0.2) is 24.3 Å². The number of benzene rings is 1. The van der Waals surface area contributed by atoms with Gasteiger partial charge in [0.2, 0.25) is 0 Å². The number of methoxy groups -OCH3 is 1. The maximum atomic E-state index is 11.6. The second-order valence-electron chi connectivity index (χ2n) is 6.47. The molecule has 0 aliphatic carbocycles. The van der Waals surface area contributed by atoms with E-state index < -0.39 is 5.97 Å².